The van der Waals surface area contributed by atoms with Gasteiger partial charge in [0, 0.05) is 17.8 Å². The molecule has 1 heterocycles. The van der Waals surface area contributed by atoms with Crippen molar-refractivity contribution >= 4 is 22.7 Å². The molecule has 3 aromatic rings. The van der Waals surface area contributed by atoms with E-state index in [9.17, 15) is 9.59 Å². The highest BCUT2D eigenvalue weighted by Gasteiger charge is 2.38. The number of hydrogen-bond donors (Lipinski definition) is 0. The van der Waals surface area contributed by atoms with Gasteiger partial charge in [-0.05, 0) is 42.0 Å². The molecule has 1 aromatic heterocycles. The minimum atomic E-state index is -0.373. The van der Waals surface area contributed by atoms with Gasteiger partial charge in [-0.15, -0.1) is 0 Å². The normalized spacial score (nSPS) is 18.5. The van der Waals surface area contributed by atoms with Crippen molar-refractivity contribution in [1.29, 1.82) is 0 Å². The summed E-state index contributed by atoms with van der Waals surface area (Å²) in [5, 5.41) is 1.91. The molecule has 1 aliphatic carbocycles. The number of ether oxygens (including phenoxy) is 2. The van der Waals surface area contributed by atoms with Crippen LogP contribution in [0.3, 0.4) is 0 Å². The van der Waals surface area contributed by atoms with Crippen LogP contribution in [0.5, 0.6) is 0 Å². The van der Waals surface area contributed by atoms with Crippen LogP contribution in [0.1, 0.15) is 28.8 Å². The van der Waals surface area contributed by atoms with Crippen LogP contribution in [-0.4, -0.2) is 23.0 Å². The monoisotopic (exact) mass is 361 g/mol. The molecule has 0 aliphatic heterocycles. The molecule has 2 aromatic carbocycles. The van der Waals surface area contributed by atoms with Crippen molar-refractivity contribution in [2.45, 2.75) is 25.6 Å². The number of esters is 2. The highest BCUT2D eigenvalue weighted by Crippen LogP contribution is 2.32. The van der Waals surface area contributed by atoms with Gasteiger partial charge >= 0.3 is 11.9 Å². The Bertz CT molecular complexity index is 964. The lowest BCUT2D eigenvalue weighted by Crippen LogP contribution is -2.38. The number of fused-ring (bicyclic) bond motifs is 1. The summed E-state index contributed by atoms with van der Waals surface area (Å²) >= 11 is 0. The number of nitrogens with zero attached hydrogens (tertiary/aromatic N) is 1. The third-order valence-corrected chi connectivity index (χ3v) is 4.80. The minimum Gasteiger partial charge on any atom is -0.461 e. The lowest BCUT2D eigenvalue weighted by molar-refractivity contribution is -0.157. The van der Waals surface area contributed by atoms with Gasteiger partial charge in [-0.2, -0.15) is 0 Å². The highest BCUT2D eigenvalue weighted by atomic mass is 16.5. The molecule has 27 heavy (non-hydrogen) atoms. The summed E-state index contributed by atoms with van der Waals surface area (Å²) in [4.78, 5) is 28.5. The number of aromatic nitrogens is 1. The first-order valence-corrected chi connectivity index (χ1v) is 8.94. The number of benzene rings is 2. The summed E-state index contributed by atoms with van der Waals surface area (Å²) in [5.41, 5.74) is 1.45. The molecule has 0 saturated heterocycles. The topological polar surface area (TPSA) is 65.5 Å². The van der Waals surface area contributed by atoms with Gasteiger partial charge in [0.1, 0.15) is 12.7 Å². The summed E-state index contributed by atoms with van der Waals surface area (Å²) in [6.45, 7) is 0.270. The number of carbonyl (C=O) groups excluding carboxylic acids is 2. The van der Waals surface area contributed by atoms with E-state index in [0.29, 0.717) is 18.4 Å². The second-order valence-electron chi connectivity index (χ2n) is 6.73. The first-order valence-electron chi connectivity index (χ1n) is 8.94. The Balaban J connectivity index is 1.26. The SMILES string of the molecule is O=C(OC1CC(C(=O)OCc2ccccc2)C1)c1ccc2ccncc2c1. The fourth-order valence-electron chi connectivity index (χ4n) is 3.13. The predicted octanol–water partition coefficient (Wildman–Crippen LogP) is 3.91. The van der Waals surface area contributed by atoms with Crippen molar-refractivity contribution in [3.05, 3.63) is 78.1 Å². The van der Waals surface area contributed by atoms with Gasteiger partial charge < -0.3 is 9.47 Å². The number of pyridine rings is 1. The smallest absolute Gasteiger partial charge is 0.338 e. The zero-order chi connectivity index (χ0) is 18.6. The van der Waals surface area contributed by atoms with E-state index in [1.807, 2.05) is 42.5 Å². The van der Waals surface area contributed by atoms with Crippen LogP contribution in [0.25, 0.3) is 10.8 Å². The molecule has 136 valence electrons. The van der Waals surface area contributed by atoms with Gasteiger partial charge in [0.25, 0.3) is 0 Å². The standard InChI is InChI=1S/C22H19NO4/c24-21(26-14-15-4-2-1-3-5-15)18-11-20(12-18)27-22(25)17-7-6-16-8-9-23-13-19(16)10-17/h1-10,13,18,20H,11-12,14H2. The number of rotatable bonds is 5. The first-order chi connectivity index (χ1) is 13.2. The van der Waals surface area contributed by atoms with Gasteiger partial charge in [0.05, 0.1) is 11.5 Å². The molecule has 0 atom stereocenters. The van der Waals surface area contributed by atoms with Crippen molar-refractivity contribution in [2.75, 3.05) is 0 Å². The van der Waals surface area contributed by atoms with Crippen LogP contribution in [0.2, 0.25) is 0 Å². The molecule has 4 rings (SSSR count). The first kappa shape index (κ1) is 17.2. The Morgan fingerprint density at radius 2 is 1.81 bits per heavy atom. The molecule has 0 radical (unpaired) electrons. The fourth-order valence-corrected chi connectivity index (χ4v) is 3.13. The minimum absolute atomic E-state index is 0.202. The van der Waals surface area contributed by atoms with Gasteiger partial charge in [-0.25, -0.2) is 4.79 Å². The third kappa shape index (κ3) is 3.97. The molecular formula is C22H19NO4. The summed E-state index contributed by atoms with van der Waals surface area (Å²) in [6, 6.07) is 16.8. The van der Waals surface area contributed by atoms with Gasteiger partial charge in [-0.3, -0.25) is 9.78 Å². The van der Waals surface area contributed by atoms with Crippen LogP contribution in [0.4, 0.5) is 0 Å². The lowest BCUT2D eigenvalue weighted by Gasteiger charge is -2.32. The lowest BCUT2D eigenvalue weighted by atomic mass is 9.82. The zero-order valence-corrected chi connectivity index (χ0v) is 14.7. The average molecular weight is 361 g/mol. The van der Waals surface area contributed by atoms with Crippen molar-refractivity contribution in [2.24, 2.45) is 5.92 Å². The van der Waals surface area contributed by atoms with Crippen molar-refractivity contribution in [3.8, 4) is 0 Å². The molecule has 5 heteroatoms. The maximum Gasteiger partial charge on any atom is 0.338 e. The molecule has 0 amide bonds. The maximum absolute atomic E-state index is 12.3. The van der Waals surface area contributed by atoms with Gasteiger partial charge in [0.2, 0.25) is 0 Å². The van der Waals surface area contributed by atoms with E-state index < -0.39 is 0 Å². The summed E-state index contributed by atoms with van der Waals surface area (Å²) in [7, 11) is 0. The van der Waals surface area contributed by atoms with Gasteiger partial charge in [0.15, 0.2) is 0 Å². The van der Waals surface area contributed by atoms with Crippen LogP contribution in [0.15, 0.2) is 67.0 Å². The van der Waals surface area contributed by atoms with E-state index in [-0.39, 0.29) is 30.6 Å². The van der Waals surface area contributed by atoms with E-state index in [1.54, 1.807) is 24.5 Å². The Morgan fingerprint density at radius 3 is 2.63 bits per heavy atom. The van der Waals surface area contributed by atoms with E-state index in [4.69, 9.17) is 9.47 Å². The Hall–Kier alpha value is -3.21. The van der Waals surface area contributed by atoms with E-state index in [1.165, 1.54) is 0 Å². The zero-order valence-electron chi connectivity index (χ0n) is 14.7. The quantitative estimate of drug-likeness (QED) is 0.645. The molecule has 0 N–H and O–H groups in total. The molecular weight excluding hydrogens is 342 g/mol. The van der Waals surface area contributed by atoms with Crippen molar-refractivity contribution < 1.29 is 19.1 Å². The largest absolute Gasteiger partial charge is 0.461 e. The molecule has 5 nitrogen and oxygen atoms in total. The van der Waals surface area contributed by atoms with Crippen LogP contribution >= 0.6 is 0 Å². The predicted molar refractivity (Wildman–Crippen MR) is 99.9 cm³/mol. The molecule has 0 spiro atoms. The molecule has 1 fully saturated rings. The van der Waals surface area contributed by atoms with Gasteiger partial charge in [-0.1, -0.05) is 36.4 Å². The van der Waals surface area contributed by atoms with Crippen molar-refractivity contribution in [3.63, 3.8) is 0 Å². The number of carbonyl (C=O) groups is 2. The highest BCUT2D eigenvalue weighted by molar-refractivity contribution is 5.95. The number of hydrogen-bond acceptors (Lipinski definition) is 5. The van der Waals surface area contributed by atoms with Crippen LogP contribution in [-0.2, 0) is 20.9 Å². The molecule has 1 aliphatic rings. The Morgan fingerprint density at radius 1 is 1.00 bits per heavy atom. The summed E-state index contributed by atoms with van der Waals surface area (Å²) in [5.74, 6) is -0.808. The Kier molecular flexibility index (Phi) is 4.83. The summed E-state index contributed by atoms with van der Waals surface area (Å²) in [6.07, 6.45) is 4.21. The molecule has 0 bridgehead atoms. The molecule has 0 unspecified atom stereocenters. The van der Waals surface area contributed by atoms with E-state index >= 15 is 0 Å². The third-order valence-electron chi connectivity index (χ3n) is 4.80. The molecule has 1 saturated carbocycles. The maximum atomic E-state index is 12.3. The Labute approximate surface area is 156 Å². The van der Waals surface area contributed by atoms with Crippen molar-refractivity contribution in [1.82, 2.24) is 4.98 Å². The van der Waals surface area contributed by atoms with E-state index in [0.717, 1.165) is 16.3 Å². The summed E-state index contributed by atoms with van der Waals surface area (Å²) < 4.78 is 10.8. The van der Waals surface area contributed by atoms with Crippen LogP contribution < -0.4 is 0 Å². The van der Waals surface area contributed by atoms with E-state index in [2.05, 4.69) is 4.98 Å². The second kappa shape index (κ2) is 7.58. The fraction of sp³-hybridized carbons (Fsp3) is 0.227. The second-order valence-corrected chi connectivity index (χ2v) is 6.73. The van der Waals surface area contributed by atoms with Crippen LogP contribution in [0, 0.1) is 5.92 Å². The average Bonchev–Trinajstić information content (AvgIpc) is 2.68.